The van der Waals surface area contributed by atoms with E-state index in [9.17, 15) is 4.79 Å². The van der Waals surface area contributed by atoms with Crippen LogP contribution in [0.1, 0.15) is 12.0 Å². The molecule has 0 aliphatic carbocycles. The molecule has 1 aromatic carbocycles. The molecule has 19 heavy (non-hydrogen) atoms. The maximum absolute atomic E-state index is 11.1. The van der Waals surface area contributed by atoms with Crippen molar-refractivity contribution in [3.8, 4) is 5.75 Å². The van der Waals surface area contributed by atoms with Gasteiger partial charge in [-0.15, -0.1) is 0 Å². The average Bonchev–Trinajstić information content (AvgIpc) is 2.35. The number of methoxy groups -OCH3 is 1. The summed E-state index contributed by atoms with van der Waals surface area (Å²) in [7, 11) is -0.0958. The highest BCUT2D eigenvalue weighted by Gasteiger charge is 2.15. The minimum absolute atomic E-state index is 0.233. The maximum atomic E-state index is 11.1. The highest BCUT2D eigenvalue weighted by molar-refractivity contribution is 7.19. The van der Waals surface area contributed by atoms with Crippen molar-refractivity contribution in [2.24, 2.45) is 0 Å². The number of benzene rings is 1. The van der Waals surface area contributed by atoms with E-state index >= 15 is 0 Å². The first-order valence-electron chi connectivity index (χ1n) is 6.38. The zero-order chi connectivity index (χ0) is 14.3. The van der Waals surface area contributed by atoms with Crippen LogP contribution in [0.5, 0.6) is 5.75 Å². The van der Waals surface area contributed by atoms with E-state index in [-0.39, 0.29) is 5.97 Å². The number of hydrogen-bond acceptors (Lipinski definition) is 3. The minimum Gasteiger partial charge on any atom is -0.494 e. The van der Waals surface area contributed by atoms with Crippen molar-refractivity contribution in [3.05, 3.63) is 29.8 Å². The van der Waals surface area contributed by atoms with Gasteiger partial charge >= 0.3 is 5.97 Å². The minimum atomic E-state index is -1.49. The molecule has 0 heterocycles. The normalized spacial score (nSPS) is 11.2. The number of carbonyl (C=O) groups excluding carboxylic acids is 1. The van der Waals surface area contributed by atoms with Crippen molar-refractivity contribution >= 4 is 24.4 Å². The number of halogens is 1. The molecule has 0 fully saturated rings. The van der Waals surface area contributed by atoms with E-state index < -0.39 is 7.38 Å². The van der Waals surface area contributed by atoms with Crippen molar-refractivity contribution in [1.29, 1.82) is 0 Å². The van der Waals surface area contributed by atoms with Crippen LogP contribution in [0.4, 0.5) is 0 Å². The molecule has 0 radical (unpaired) electrons. The molecule has 106 valence electrons. The van der Waals surface area contributed by atoms with Crippen LogP contribution < -0.4 is 4.74 Å². The van der Waals surface area contributed by atoms with Gasteiger partial charge in [0.05, 0.1) is 20.1 Å². The molecule has 3 nitrogen and oxygen atoms in total. The highest BCUT2D eigenvalue weighted by atomic mass is 35.6. The molecule has 1 aromatic rings. The molecule has 1 rings (SSSR count). The fourth-order valence-corrected chi connectivity index (χ4v) is 3.01. The first-order valence-corrected chi connectivity index (χ1v) is 10.6. The van der Waals surface area contributed by atoms with Crippen LogP contribution in [0.15, 0.2) is 24.3 Å². The summed E-state index contributed by atoms with van der Waals surface area (Å²) in [6.45, 7) is 4.95. The van der Waals surface area contributed by atoms with Gasteiger partial charge in [-0.3, -0.25) is 4.79 Å². The van der Waals surface area contributed by atoms with Gasteiger partial charge < -0.3 is 9.47 Å². The average molecular weight is 301 g/mol. The summed E-state index contributed by atoms with van der Waals surface area (Å²) >= 11 is 6.24. The second-order valence-electron chi connectivity index (χ2n) is 5.07. The molecule has 0 spiro atoms. The van der Waals surface area contributed by atoms with Gasteiger partial charge in [0.1, 0.15) is 5.75 Å². The van der Waals surface area contributed by atoms with Gasteiger partial charge in [-0.1, -0.05) is 25.2 Å². The molecule has 0 N–H and O–H groups in total. The van der Waals surface area contributed by atoms with Gasteiger partial charge in [-0.2, -0.15) is 11.1 Å². The molecule has 0 bridgehead atoms. The lowest BCUT2D eigenvalue weighted by Gasteiger charge is -2.12. The third kappa shape index (κ3) is 7.23. The predicted octanol–water partition coefficient (Wildman–Crippen LogP) is 3.61. The molecular formula is C14H21ClO3Si. The third-order valence-electron chi connectivity index (χ3n) is 2.68. The van der Waals surface area contributed by atoms with Gasteiger partial charge in [0.25, 0.3) is 0 Å². The lowest BCUT2D eigenvalue weighted by Crippen LogP contribution is -2.16. The summed E-state index contributed by atoms with van der Waals surface area (Å²) in [6, 6.07) is 8.57. The number of hydrogen-bond donors (Lipinski definition) is 0. The summed E-state index contributed by atoms with van der Waals surface area (Å²) < 4.78 is 10.3. The van der Waals surface area contributed by atoms with E-state index in [4.69, 9.17) is 15.8 Å². The zero-order valence-electron chi connectivity index (χ0n) is 11.7. The van der Waals surface area contributed by atoms with E-state index in [1.54, 1.807) is 0 Å². The SMILES string of the molecule is COC(=O)Cc1ccc(OCCC[Si](C)(C)Cl)cc1. The van der Waals surface area contributed by atoms with Gasteiger partial charge in [-0.05, 0) is 30.2 Å². The molecule has 0 saturated carbocycles. The highest BCUT2D eigenvalue weighted by Crippen LogP contribution is 2.18. The molecule has 5 heteroatoms. The summed E-state index contributed by atoms with van der Waals surface area (Å²) in [6.07, 6.45) is 1.27. The fourth-order valence-electron chi connectivity index (χ4n) is 1.62. The Morgan fingerprint density at radius 3 is 2.42 bits per heavy atom. The Morgan fingerprint density at radius 1 is 1.26 bits per heavy atom. The summed E-state index contributed by atoms with van der Waals surface area (Å²) in [4.78, 5) is 11.1. The Hall–Kier alpha value is -1.00. The van der Waals surface area contributed by atoms with Gasteiger partial charge in [0.15, 0.2) is 7.38 Å². The summed E-state index contributed by atoms with van der Waals surface area (Å²) in [5.41, 5.74) is 0.925. The Bertz CT molecular complexity index is 398. The van der Waals surface area contributed by atoms with Crippen molar-refractivity contribution in [1.82, 2.24) is 0 Å². The lowest BCUT2D eigenvalue weighted by atomic mass is 10.1. The number of carbonyl (C=O) groups is 1. The van der Waals surface area contributed by atoms with Crippen LogP contribution >= 0.6 is 11.1 Å². The molecule has 0 atom stereocenters. The first-order chi connectivity index (χ1) is 8.90. The van der Waals surface area contributed by atoms with Gasteiger partial charge in [0.2, 0.25) is 0 Å². The van der Waals surface area contributed by atoms with E-state index in [2.05, 4.69) is 17.8 Å². The van der Waals surface area contributed by atoms with Gasteiger partial charge in [0, 0.05) is 0 Å². The van der Waals surface area contributed by atoms with Crippen molar-refractivity contribution in [2.75, 3.05) is 13.7 Å². The fraction of sp³-hybridized carbons (Fsp3) is 0.500. The molecular weight excluding hydrogens is 280 g/mol. The molecule has 0 saturated heterocycles. The van der Waals surface area contributed by atoms with Crippen molar-refractivity contribution < 1.29 is 14.3 Å². The Balaban J connectivity index is 2.34. The summed E-state index contributed by atoms with van der Waals surface area (Å²) in [5, 5.41) is 0. The van der Waals surface area contributed by atoms with Crippen LogP contribution in [0.2, 0.25) is 19.1 Å². The number of ether oxygens (including phenoxy) is 2. The van der Waals surface area contributed by atoms with Crippen molar-refractivity contribution in [3.63, 3.8) is 0 Å². The summed E-state index contributed by atoms with van der Waals surface area (Å²) in [5.74, 6) is 0.589. The Kier molecular flexibility index (Phi) is 6.38. The van der Waals surface area contributed by atoms with Crippen LogP contribution in [0.3, 0.4) is 0 Å². The lowest BCUT2D eigenvalue weighted by molar-refractivity contribution is -0.139. The number of esters is 1. The van der Waals surface area contributed by atoms with Crippen LogP contribution in [-0.2, 0) is 16.0 Å². The third-order valence-corrected chi connectivity index (χ3v) is 4.79. The van der Waals surface area contributed by atoms with E-state index in [0.717, 1.165) is 23.8 Å². The van der Waals surface area contributed by atoms with Crippen LogP contribution in [-0.4, -0.2) is 27.1 Å². The molecule has 0 aromatic heterocycles. The topological polar surface area (TPSA) is 35.5 Å². The Labute approximate surface area is 120 Å². The first kappa shape index (κ1) is 16.1. The molecule has 0 aliphatic heterocycles. The number of rotatable bonds is 7. The van der Waals surface area contributed by atoms with Crippen LogP contribution in [0.25, 0.3) is 0 Å². The maximum Gasteiger partial charge on any atom is 0.309 e. The smallest absolute Gasteiger partial charge is 0.309 e. The second kappa shape index (κ2) is 7.55. The largest absolute Gasteiger partial charge is 0.494 e. The zero-order valence-corrected chi connectivity index (χ0v) is 13.5. The second-order valence-corrected chi connectivity index (χ2v) is 12.1. The van der Waals surface area contributed by atoms with Crippen molar-refractivity contribution in [2.45, 2.75) is 32.0 Å². The van der Waals surface area contributed by atoms with Crippen LogP contribution in [0, 0.1) is 0 Å². The standard InChI is InChI=1S/C14H21ClO3Si/c1-17-14(16)11-12-5-7-13(8-6-12)18-9-4-10-19(2,3)15/h5-8H,4,9-11H2,1-3H3. The molecule has 0 unspecified atom stereocenters. The monoisotopic (exact) mass is 300 g/mol. The predicted molar refractivity (Wildman–Crippen MR) is 80.4 cm³/mol. The van der Waals surface area contributed by atoms with E-state index in [1.165, 1.54) is 7.11 Å². The van der Waals surface area contributed by atoms with Gasteiger partial charge in [-0.25, -0.2) is 0 Å². The Morgan fingerprint density at radius 2 is 1.89 bits per heavy atom. The van der Waals surface area contributed by atoms with E-state index in [1.807, 2.05) is 24.3 Å². The molecule has 0 amide bonds. The molecule has 0 aliphatic rings. The van der Waals surface area contributed by atoms with E-state index in [0.29, 0.717) is 13.0 Å². The quantitative estimate of drug-likeness (QED) is 0.334.